The molecule has 0 bridgehead atoms. The molecule has 23 heavy (non-hydrogen) atoms. The van der Waals surface area contributed by atoms with E-state index in [1.54, 1.807) is 29.9 Å². The maximum atomic E-state index is 12.9. The van der Waals surface area contributed by atoms with E-state index in [9.17, 15) is 4.79 Å². The summed E-state index contributed by atoms with van der Waals surface area (Å²) in [6, 6.07) is 3.74. The van der Waals surface area contributed by atoms with Crippen molar-refractivity contribution in [3.63, 3.8) is 0 Å². The number of nitrogens with zero attached hydrogens (tertiary/aromatic N) is 4. The lowest BCUT2D eigenvalue weighted by Crippen LogP contribution is -2.21. The van der Waals surface area contributed by atoms with Crippen LogP contribution in [0.2, 0.25) is 0 Å². The molecule has 3 aromatic heterocycles. The van der Waals surface area contributed by atoms with Crippen molar-refractivity contribution in [2.24, 2.45) is 5.10 Å². The van der Waals surface area contributed by atoms with Crippen molar-refractivity contribution in [2.75, 3.05) is 0 Å². The van der Waals surface area contributed by atoms with Gasteiger partial charge in [0.15, 0.2) is 0 Å². The van der Waals surface area contributed by atoms with Gasteiger partial charge in [-0.25, -0.2) is 4.98 Å². The van der Waals surface area contributed by atoms with Gasteiger partial charge in [0.2, 0.25) is 0 Å². The van der Waals surface area contributed by atoms with Crippen molar-refractivity contribution < 1.29 is 0 Å². The molecule has 6 heteroatoms. The van der Waals surface area contributed by atoms with Crippen LogP contribution in [0.25, 0.3) is 10.2 Å². The zero-order valence-electron chi connectivity index (χ0n) is 12.8. The van der Waals surface area contributed by atoms with E-state index in [4.69, 9.17) is 0 Å². The average Bonchev–Trinajstić information content (AvgIpc) is 2.93. The summed E-state index contributed by atoms with van der Waals surface area (Å²) in [5.74, 6) is 0.612. The van der Waals surface area contributed by atoms with Crippen molar-refractivity contribution in [3.8, 4) is 0 Å². The lowest BCUT2D eigenvalue weighted by Gasteiger charge is -2.10. The third-order valence-electron chi connectivity index (χ3n) is 4.14. The van der Waals surface area contributed by atoms with Crippen LogP contribution in [0.5, 0.6) is 0 Å². The van der Waals surface area contributed by atoms with Crippen molar-refractivity contribution in [3.05, 3.63) is 56.7 Å². The Balaban J connectivity index is 1.87. The number of fused-ring (bicyclic) bond motifs is 3. The second-order valence-corrected chi connectivity index (χ2v) is 6.78. The molecule has 0 aromatic carbocycles. The summed E-state index contributed by atoms with van der Waals surface area (Å²) in [6.07, 6.45) is 9.45. The highest BCUT2D eigenvalue weighted by atomic mass is 32.1. The first-order chi connectivity index (χ1) is 11.2. The van der Waals surface area contributed by atoms with Gasteiger partial charge in [-0.05, 0) is 44.2 Å². The van der Waals surface area contributed by atoms with E-state index in [2.05, 4.69) is 15.1 Å². The number of hydrogen-bond donors (Lipinski definition) is 0. The first-order valence-corrected chi connectivity index (χ1v) is 8.54. The molecular formula is C17H16N4OS. The molecule has 3 heterocycles. The number of thiophene rings is 1. The topological polar surface area (TPSA) is 60.1 Å². The van der Waals surface area contributed by atoms with Gasteiger partial charge in [-0.2, -0.15) is 9.78 Å². The highest BCUT2D eigenvalue weighted by Gasteiger charge is 2.20. The number of rotatable bonds is 2. The Bertz CT molecular complexity index is 956. The zero-order chi connectivity index (χ0) is 15.8. The molecule has 0 unspecified atom stereocenters. The van der Waals surface area contributed by atoms with Gasteiger partial charge in [-0.1, -0.05) is 6.07 Å². The van der Waals surface area contributed by atoms with Crippen LogP contribution in [0.3, 0.4) is 0 Å². The Hall–Kier alpha value is -2.34. The van der Waals surface area contributed by atoms with Crippen LogP contribution in [-0.2, 0) is 12.8 Å². The summed E-state index contributed by atoms with van der Waals surface area (Å²) in [5.41, 5.74) is 1.98. The lowest BCUT2D eigenvalue weighted by molar-refractivity contribution is 0.698. The highest BCUT2D eigenvalue weighted by Crippen LogP contribution is 2.33. The molecule has 0 saturated carbocycles. The van der Waals surface area contributed by atoms with Gasteiger partial charge in [-0.15, -0.1) is 11.3 Å². The molecule has 0 N–H and O–H groups in total. The minimum absolute atomic E-state index is 0.0629. The average molecular weight is 324 g/mol. The van der Waals surface area contributed by atoms with E-state index >= 15 is 0 Å². The highest BCUT2D eigenvalue weighted by molar-refractivity contribution is 7.18. The molecule has 0 amide bonds. The Labute approximate surface area is 137 Å². The van der Waals surface area contributed by atoms with Gasteiger partial charge in [0, 0.05) is 22.8 Å². The van der Waals surface area contributed by atoms with Gasteiger partial charge in [-0.3, -0.25) is 9.78 Å². The molecule has 0 fully saturated rings. The van der Waals surface area contributed by atoms with Gasteiger partial charge in [0.05, 0.1) is 11.6 Å². The molecule has 0 atom stereocenters. The van der Waals surface area contributed by atoms with Gasteiger partial charge in [0.1, 0.15) is 10.7 Å². The number of hydrogen-bond acceptors (Lipinski definition) is 5. The van der Waals surface area contributed by atoms with E-state index in [0.717, 1.165) is 35.0 Å². The third-order valence-corrected chi connectivity index (χ3v) is 5.32. The van der Waals surface area contributed by atoms with Crippen molar-refractivity contribution >= 4 is 27.8 Å². The maximum absolute atomic E-state index is 12.9. The van der Waals surface area contributed by atoms with E-state index < -0.39 is 0 Å². The Morgan fingerprint density at radius 3 is 3.04 bits per heavy atom. The molecule has 4 rings (SSSR count). The smallest absolute Gasteiger partial charge is 0.267 e. The molecule has 116 valence electrons. The minimum Gasteiger partial charge on any atom is -0.267 e. The molecular weight excluding hydrogens is 308 g/mol. The van der Waals surface area contributed by atoms with Crippen LogP contribution in [0.15, 0.2) is 34.4 Å². The zero-order valence-corrected chi connectivity index (χ0v) is 13.6. The molecule has 5 nitrogen and oxygen atoms in total. The summed E-state index contributed by atoms with van der Waals surface area (Å²) in [4.78, 5) is 23.7. The van der Waals surface area contributed by atoms with Crippen LogP contribution in [0, 0.1) is 6.92 Å². The SMILES string of the molecule is Cc1nc2sc3c(c2c(=O)n1/N=C\c1cccnc1)CCCC3. The summed E-state index contributed by atoms with van der Waals surface area (Å²) in [6.45, 7) is 1.82. The predicted molar refractivity (Wildman–Crippen MR) is 92.5 cm³/mol. The lowest BCUT2D eigenvalue weighted by atomic mass is 9.97. The summed E-state index contributed by atoms with van der Waals surface area (Å²) < 4.78 is 1.40. The fourth-order valence-corrected chi connectivity index (χ4v) is 4.31. The predicted octanol–water partition coefficient (Wildman–Crippen LogP) is 2.92. The molecule has 0 radical (unpaired) electrons. The fraction of sp³-hybridized carbons (Fsp3) is 0.294. The standard InChI is InChI=1S/C17H16N4OS/c1-11-20-16-15(13-6-2-3-7-14(13)23-16)17(22)21(11)19-10-12-5-4-8-18-9-12/h4-5,8-10H,2-3,6-7H2,1H3/b19-10-. The normalized spacial score (nSPS) is 14.5. The van der Waals surface area contributed by atoms with E-state index in [1.165, 1.54) is 21.5 Å². The third kappa shape index (κ3) is 2.49. The van der Waals surface area contributed by atoms with Crippen molar-refractivity contribution in [1.29, 1.82) is 0 Å². The molecule has 1 aliphatic rings. The molecule has 0 aliphatic heterocycles. The number of pyridine rings is 1. The summed E-state index contributed by atoms with van der Waals surface area (Å²) >= 11 is 1.66. The Kier molecular flexibility index (Phi) is 3.53. The molecule has 3 aromatic rings. The monoisotopic (exact) mass is 324 g/mol. The molecule has 0 spiro atoms. The first kappa shape index (κ1) is 14.3. The van der Waals surface area contributed by atoms with Gasteiger partial charge < -0.3 is 0 Å². The van der Waals surface area contributed by atoms with Crippen LogP contribution in [0.1, 0.15) is 34.7 Å². The van der Waals surface area contributed by atoms with Gasteiger partial charge in [0.25, 0.3) is 5.56 Å². The van der Waals surface area contributed by atoms with E-state index in [-0.39, 0.29) is 5.56 Å². The number of aromatic nitrogens is 3. The van der Waals surface area contributed by atoms with Crippen molar-refractivity contribution in [1.82, 2.24) is 14.6 Å². The van der Waals surface area contributed by atoms with E-state index in [0.29, 0.717) is 5.82 Å². The van der Waals surface area contributed by atoms with Crippen LogP contribution >= 0.6 is 11.3 Å². The van der Waals surface area contributed by atoms with Crippen LogP contribution in [-0.4, -0.2) is 20.9 Å². The molecule has 1 aliphatic carbocycles. The van der Waals surface area contributed by atoms with E-state index in [1.807, 2.05) is 19.1 Å². The second kappa shape index (κ2) is 5.70. The second-order valence-electron chi connectivity index (χ2n) is 5.70. The summed E-state index contributed by atoms with van der Waals surface area (Å²) in [5, 5.41) is 5.10. The first-order valence-electron chi connectivity index (χ1n) is 7.72. The Morgan fingerprint density at radius 1 is 1.35 bits per heavy atom. The van der Waals surface area contributed by atoms with Crippen molar-refractivity contribution in [2.45, 2.75) is 32.6 Å². The quantitative estimate of drug-likeness (QED) is 0.681. The largest absolute Gasteiger partial charge is 0.283 e. The number of aryl methyl sites for hydroxylation is 3. The fourth-order valence-electron chi connectivity index (χ4n) is 3.01. The maximum Gasteiger partial charge on any atom is 0.283 e. The van der Waals surface area contributed by atoms with Crippen LogP contribution < -0.4 is 5.56 Å². The van der Waals surface area contributed by atoms with Gasteiger partial charge >= 0.3 is 0 Å². The summed E-state index contributed by atoms with van der Waals surface area (Å²) in [7, 11) is 0. The Morgan fingerprint density at radius 2 is 2.22 bits per heavy atom. The van der Waals surface area contributed by atoms with Crippen LogP contribution in [0.4, 0.5) is 0 Å². The molecule has 0 saturated heterocycles. The minimum atomic E-state index is -0.0629.